The maximum Gasteiger partial charge on any atom is 0.159 e. The molecule has 0 radical (unpaired) electrons. The van der Waals surface area contributed by atoms with Crippen molar-refractivity contribution >= 4 is 0 Å². The molecule has 2 heterocycles. The molecule has 0 spiro atoms. The molecule has 4 heteroatoms. The molecule has 3 rings (SSSR count). The van der Waals surface area contributed by atoms with Gasteiger partial charge in [0.05, 0.1) is 0 Å². The Morgan fingerprint density at radius 1 is 1.19 bits per heavy atom. The van der Waals surface area contributed by atoms with Crippen molar-refractivity contribution in [2.45, 2.75) is 44.7 Å². The number of hydrogen-bond donors (Lipinski definition) is 1. The summed E-state index contributed by atoms with van der Waals surface area (Å²) in [6.45, 7) is 5.33. The van der Waals surface area contributed by atoms with Gasteiger partial charge in [0.25, 0.3) is 0 Å². The average Bonchev–Trinajstić information content (AvgIpc) is 3.04. The van der Waals surface area contributed by atoms with Crippen LogP contribution in [0.5, 0.6) is 0 Å². The molecule has 0 aliphatic carbocycles. The third kappa shape index (κ3) is 3.27. The Labute approximate surface area is 125 Å². The lowest BCUT2D eigenvalue weighted by molar-refractivity contribution is 0.114. The molecule has 1 aromatic rings. The summed E-state index contributed by atoms with van der Waals surface area (Å²) in [4.78, 5) is 2.42. The summed E-state index contributed by atoms with van der Waals surface area (Å²) in [6, 6.07) is 5.08. The number of benzene rings is 1. The molecular formula is C17H24F2N2. The fourth-order valence-corrected chi connectivity index (χ4v) is 3.82. The van der Waals surface area contributed by atoms with Crippen LogP contribution in [0.4, 0.5) is 8.78 Å². The molecule has 1 aromatic carbocycles. The molecule has 2 nitrogen and oxygen atoms in total. The van der Waals surface area contributed by atoms with Crippen LogP contribution >= 0.6 is 0 Å². The van der Waals surface area contributed by atoms with E-state index in [1.54, 1.807) is 6.07 Å². The van der Waals surface area contributed by atoms with Crippen LogP contribution in [0, 0.1) is 17.6 Å². The normalized spacial score (nSPS) is 28.7. The Morgan fingerprint density at radius 3 is 2.76 bits per heavy atom. The molecule has 2 aliphatic heterocycles. The predicted octanol–water partition coefficient (Wildman–Crippen LogP) is 3.49. The van der Waals surface area contributed by atoms with Crippen molar-refractivity contribution in [3.8, 4) is 0 Å². The predicted molar refractivity (Wildman–Crippen MR) is 80.1 cm³/mol. The first-order chi connectivity index (χ1) is 10.1. The van der Waals surface area contributed by atoms with Gasteiger partial charge in [-0.25, -0.2) is 8.78 Å². The molecule has 3 unspecified atom stereocenters. The lowest BCUT2D eigenvalue weighted by Gasteiger charge is -2.39. The van der Waals surface area contributed by atoms with Gasteiger partial charge >= 0.3 is 0 Å². The Bertz CT molecular complexity index is 486. The van der Waals surface area contributed by atoms with Crippen LogP contribution in [0.25, 0.3) is 0 Å². The van der Waals surface area contributed by atoms with E-state index in [0.717, 1.165) is 25.2 Å². The number of halogens is 2. The van der Waals surface area contributed by atoms with E-state index in [2.05, 4.69) is 17.1 Å². The summed E-state index contributed by atoms with van der Waals surface area (Å²) >= 11 is 0. The minimum absolute atomic E-state index is 0.143. The molecule has 2 aliphatic rings. The zero-order chi connectivity index (χ0) is 14.8. The fraction of sp³-hybridized carbons (Fsp3) is 0.647. The average molecular weight is 294 g/mol. The van der Waals surface area contributed by atoms with Crippen molar-refractivity contribution in [1.29, 1.82) is 0 Å². The second kappa shape index (κ2) is 6.41. The van der Waals surface area contributed by atoms with E-state index in [9.17, 15) is 8.78 Å². The highest BCUT2D eigenvalue weighted by molar-refractivity contribution is 5.21. The summed E-state index contributed by atoms with van der Waals surface area (Å²) in [5.41, 5.74) is 0.869. The number of likely N-dealkylation sites (tertiary alicyclic amines) is 1. The second-order valence-electron chi connectivity index (χ2n) is 6.45. The van der Waals surface area contributed by atoms with Crippen molar-refractivity contribution in [3.63, 3.8) is 0 Å². The van der Waals surface area contributed by atoms with Crippen LogP contribution in [0.3, 0.4) is 0 Å². The van der Waals surface area contributed by atoms with Gasteiger partial charge in [0.2, 0.25) is 0 Å². The number of rotatable bonds is 3. The van der Waals surface area contributed by atoms with Gasteiger partial charge in [-0.1, -0.05) is 6.07 Å². The largest absolute Gasteiger partial charge is 0.314 e. The molecule has 116 valence electrons. The minimum Gasteiger partial charge on any atom is -0.314 e. The van der Waals surface area contributed by atoms with Crippen LogP contribution in [0.2, 0.25) is 0 Å². The van der Waals surface area contributed by atoms with Crippen LogP contribution < -0.4 is 5.32 Å². The molecular weight excluding hydrogens is 270 g/mol. The van der Waals surface area contributed by atoms with E-state index < -0.39 is 11.6 Å². The first-order valence-corrected chi connectivity index (χ1v) is 8.07. The van der Waals surface area contributed by atoms with Crippen molar-refractivity contribution in [2.24, 2.45) is 5.92 Å². The minimum atomic E-state index is -0.766. The van der Waals surface area contributed by atoms with Crippen LogP contribution in [0.1, 0.15) is 44.2 Å². The lowest BCUT2D eigenvalue weighted by atomic mass is 9.88. The summed E-state index contributed by atoms with van der Waals surface area (Å²) in [6.07, 6.45) is 5.02. The van der Waals surface area contributed by atoms with Gasteiger partial charge in [-0.05, 0) is 69.3 Å². The van der Waals surface area contributed by atoms with Gasteiger partial charge < -0.3 is 5.32 Å². The highest BCUT2D eigenvalue weighted by Crippen LogP contribution is 2.30. The lowest BCUT2D eigenvalue weighted by Crippen LogP contribution is -2.44. The zero-order valence-electron chi connectivity index (χ0n) is 12.6. The van der Waals surface area contributed by atoms with Crippen molar-refractivity contribution in [3.05, 3.63) is 35.4 Å². The van der Waals surface area contributed by atoms with Crippen molar-refractivity contribution in [1.82, 2.24) is 10.2 Å². The van der Waals surface area contributed by atoms with Crippen molar-refractivity contribution in [2.75, 3.05) is 19.6 Å². The van der Waals surface area contributed by atoms with E-state index in [0.29, 0.717) is 12.0 Å². The SMILES string of the molecule is CC(c1ccc(F)c(F)c1)N1CCCC(C2CCCN2)C1. The number of hydrogen-bond acceptors (Lipinski definition) is 2. The molecule has 0 bridgehead atoms. The van der Waals surface area contributed by atoms with Gasteiger partial charge in [-0.15, -0.1) is 0 Å². The summed E-state index contributed by atoms with van der Waals surface area (Å²) < 4.78 is 26.5. The summed E-state index contributed by atoms with van der Waals surface area (Å²) in [5, 5.41) is 3.61. The Hall–Kier alpha value is -1.00. The monoisotopic (exact) mass is 294 g/mol. The number of nitrogens with zero attached hydrogens (tertiary/aromatic N) is 1. The standard InChI is InChI=1S/C17H24F2N2/c1-12(13-6-7-15(18)16(19)10-13)21-9-3-4-14(11-21)17-5-2-8-20-17/h6-7,10,12,14,17,20H,2-5,8-9,11H2,1H3. The Balaban J connectivity index is 1.68. The van der Waals surface area contributed by atoms with Crippen LogP contribution in [-0.4, -0.2) is 30.6 Å². The number of piperidine rings is 1. The smallest absolute Gasteiger partial charge is 0.159 e. The summed E-state index contributed by atoms with van der Waals surface area (Å²) in [5.74, 6) is -0.822. The van der Waals surface area contributed by atoms with E-state index in [1.165, 1.54) is 37.8 Å². The molecule has 1 N–H and O–H groups in total. The van der Waals surface area contributed by atoms with Gasteiger partial charge in [-0.3, -0.25) is 4.90 Å². The third-order valence-corrected chi connectivity index (χ3v) is 5.13. The number of nitrogens with one attached hydrogen (secondary N) is 1. The third-order valence-electron chi connectivity index (χ3n) is 5.13. The quantitative estimate of drug-likeness (QED) is 0.918. The molecule has 21 heavy (non-hydrogen) atoms. The Kier molecular flexibility index (Phi) is 4.55. The maximum atomic E-state index is 13.4. The van der Waals surface area contributed by atoms with Crippen molar-refractivity contribution < 1.29 is 8.78 Å². The van der Waals surface area contributed by atoms with Gasteiger partial charge in [-0.2, -0.15) is 0 Å². The molecule has 3 atom stereocenters. The first-order valence-electron chi connectivity index (χ1n) is 8.07. The zero-order valence-corrected chi connectivity index (χ0v) is 12.6. The van der Waals surface area contributed by atoms with E-state index in [1.807, 2.05) is 0 Å². The first kappa shape index (κ1) is 14.9. The van der Waals surface area contributed by atoms with Crippen LogP contribution in [-0.2, 0) is 0 Å². The van der Waals surface area contributed by atoms with Gasteiger partial charge in [0, 0.05) is 18.6 Å². The second-order valence-corrected chi connectivity index (χ2v) is 6.45. The molecule has 2 fully saturated rings. The van der Waals surface area contributed by atoms with E-state index in [-0.39, 0.29) is 6.04 Å². The molecule has 0 amide bonds. The molecule has 0 saturated carbocycles. The summed E-state index contributed by atoms with van der Waals surface area (Å²) in [7, 11) is 0. The highest BCUT2D eigenvalue weighted by atomic mass is 19.2. The van der Waals surface area contributed by atoms with Gasteiger partial charge in [0.1, 0.15) is 0 Å². The maximum absolute atomic E-state index is 13.4. The topological polar surface area (TPSA) is 15.3 Å². The molecule has 2 saturated heterocycles. The highest BCUT2D eigenvalue weighted by Gasteiger charge is 2.31. The van der Waals surface area contributed by atoms with Gasteiger partial charge in [0.15, 0.2) is 11.6 Å². The van der Waals surface area contributed by atoms with Crippen LogP contribution in [0.15, 0.2) is 18.2 Å². The molecule has 0 aromatic heterocycles. The van der Waals surface area contributed by atoms with E-state index >= 15 is 0 Å². The Morgan fingerprint density at radius 2 is 2.05 bits per heavy atom. The van der Waals surface area contributed by atoms with E-state index in [4.69, 9.17) is 0 Å². The fourth-order valence-electron chi connectivity index (χ4n) is 3.82.